The standard InChI is InChI=1S/C21H22N2O3/c1-26-21(25)17-7-4-16(5-8-17)6-13-20(24)22-18-9-11-19(12-10-18)23-14-2-3-15-23/h4-13H,2-3,14-15H2,1H3,(H,22,24)/b13-6+. The highest BCUT2D eigenvalue weighted by molar-refractivity contribution is 6.02. The van der Waals surface area contributed by atoms with Crippen molar-refractivity contribution < 1.29 is 14.3 Å². The number of hydrogen-bond donors (Lipinski definition) is 1. The first-order valence-electron chi connectivity index (χ1n) is 8.68. The first-order valence-corrected chi connectivity index (χ1v) is 8.68. The van der Waals surface area contributed by atoms with Crippen molar-refractivity contribution in [3.8, 4) is 0 Å². The third-order valence-electron chi connectivity index (χ3n) is 4.36. The van der Waals surface area contributed by atoms with E-state index in [1.807, 2.05) is 24.3 Å². The van der Waals surface area contributed by atoms with Gasteiger partial charge in [-0.1, -0.05) is 12.1 Å². The number of benzene rings is 2. The van der Waals surface area contributed by atoms with Gasteiger partial charge in [-0.2, -0.15) is 0 Å². The maximum Gasteiger partial charge on any atom is 0.337 e. The Morgan fingerprint density at radius 3 is 2.27 bits per heavy atom. The third-order valence-corrected chi connectivity index (χ3v) is 4.36. The van der Waals surface area contributed by atoms with Crippen LogP contribution in [-0.2, 0) is 9.53 Å². The molecule has 1 N–H and O–H groups in total. The minimum atomic E-state index is -0.379. The number of anilines is 2. The van der Waals surface area contributed by atoms with E-state index in [1.54, 1.807) is 30.3 Å². The SMILES string of the molecule is COC(=O)c1ccc(/C=C/C(=O)Nc2ccc(N3CCCC3)cc2)cc1. The number of hydrogen-bond acceptors (Lipinski definition) is 4. The molecule has 1 heterocycles. The van der Waals surface area contributed by atoms with Crippen LogP contribution in [0.25, 0.3) is 6.08 Å². The van der Waals surface area contributed by atoms with E-state index in [2.05, 4.69) is 15.0 Å². The number of nitrogens with zero attached hydrogens (tertiary/aromatic N) is 1. The molecule has 0 bridgehead atoms. The summed E-state index contributed by atoms with van der Waals surface area (Å²) in [7, 11) is 1.35. The van der Waals surface area contributed by atoms with Crippen molar-refractivity contribution in [2.75, 3.05) is 30.4 Å². The lowest BCUT2D eigenvalue weighted by molar-refractivity contribution is -0.111. The molecule has 0 radical (unpaired) electrons. The summed E-state index contributed by atoms with van der Waals surface area (Å²) in [5.74, 6) is -0.577. The molecule has 1 aliphatic heterocycles. The maximum absolute atomic E-state index is 12.1. The maximum atomic E-state index is 12.1. The summed E-state index contributed by atoms with van der Waals surface area (Å²) in [6.07, 6.45) is 5.66. The molecule has 2 aromatic carbocycles. The predicted molar refractivity (Wildman–Crippen MR) is 103 cm³/mol. The van der Waals surface area contributed by atoms with E-state index in [4.69, 9.17) is 0 Å². The number of rotatable bonds is 5. The highest BCUT2D eigenvalue weighted by atomic mass is 16.5. The zero-order valence-electron chi connectivity index (χ0n) is 14.8. The van der Waals surface area contributed by atoms with Crippen LogP contribution in [-0.4, -0.2) is 32.1 Å². The first kappa shape index (κ1) is 17.7. The van der Waals surface area contributed by atoms with Crippen LogP contribution in [0.5, 0.6) is 0 Å². The van der Waals surface area contributed by atoms with Gasteiger partial charge >= 0.3 is 5.97 Å². The lowest BCUT2D eigenvalue weighted by Crippen LogP contribution is -2.17. The molecule has 1 saturated heterocycles. The quantitative estimate of drug-likeness (QED) is 0.659. The van der Waals surface area contributed by atoms with Crippen LogP contribution in [0.3, 0.4) is 0 Å². The normalized spacial score (nSPS) is 13.8. The van der Waals surface area contributed by atoms with Gasteiger partial charge in [-0.25, -0.2) is 4.79 Å². The van der Waals surface area contributed by atoms with E-state index in [-0.39, 0.29) is 11.9 Å². The van der Waals surface area contributed by atoms with Crippen molar-refractivity contribution in [3.63, 3.8) is 0 Å². The fraction of sp³-hybridized carbons (Fsp3) is 0.238. The number of methoxy groups -OCH3 is 1. The average Bonchev–Trinajstić information content (AvgIpc) is 3.21. The van der Waals surface area contributed by atoms with Gasteiger partial charge in [0.05, 0.1) is 12.7 Å². The van der Waals surface area contributed by atoms with E-state index < -0.39 is 0 Å². The van der Waals surface area contributed by atoms with Crippen LogP contribution in [0, 0.1) is 0 Å². The average molecular weight is 350 g/mol. The van der Waals surface area contributed by atoms with Gasteiger partial charge in [-0.3, -0.25) is 4.79 Å². The highest BCUT2D eigenvalue weighted by Gasteiger charge is 2.11. The van der Waals surface area contributed by atoms with E-state index in [9.17, 15) is 9.59 Å². The Bertz CT molecular complexity index is 789. The second-order valence-electron chi connectivity index (χ2n) is 6.18. The van der Waals surface area contributed by atoms with Crippen molar-refractivity contribution in [1.82, 2.24) is 0 Å². The lowest BCUT2D eigenvalue weighted by atomic mass is 10.1. The van der Waals surface area contributed by atoms with E-state index in [1.165, 1.54) is 31.7 Å². The fourth-order valence-electron chi connectivity index (χ4n) is 2.93. The Hall–Kier alpha value is -3.08. The number of nitrogens with one attached hydrogen (secondary N) is 1. The molecule has 0 saturated carbocycles. The number of esters is 1. The molecule has 0 unspecified atom stereocenters. The van der Waals surface area contributed by atoms with Gasteiger partial charge < -0.3 is 15.0 Å². The van der Waals surface area contributed by atoms with Crippen molar-refractivity contribution in [1.29, 1.82) is 0 Å². The summed E-state index contributed by atoms with van der Waals surface area (Å²) in [6, 6.07) is 14.8. The van der Waals surface area contributed by atoms with E-state index in [0.717, 1.165) is 24.3 Å². The van der Waals surface area contributed by atoms with Crippen molar-refractivity contribution in [2.45, 2.75) is 12.8 Å². The van der Waals surface area contributed by atoms with Crippen LogP contribution in [0.4, 0.5) is 11.4 Å². The first-order chi connectivity index (χ1) is 12.7. The zero-order chi connectivity index (χ0) is 18.4. The number of carbonyl (C=O) groups excluding carboxylic acids is 2. The Balaban J connectivity index is 1.56. The van der Waals surface area contributed by atoms with Crippen molar-refractivity contribution >= 4 is 29.3 Å². The van der Waals surface area contributed by atoms with Gasteiger partial charge in [-0.15, -0.1) is 0 Å². The Morgan fingerprint density at radius 1 is 1.00 bits per heavy atom. The minimum Gasteiger partial charge on any atom is -0.465 e. The molecule has 1 aliphatic rings. The van der Waals surface area contributed by atoms with Gasteiger partial charge in [0.15, 0.2) is 0 Å². The number of ether oxygens (including phenoxy) is 1. The van der Waals surface area contributed by atoms with Crippen LogP contribution >= 0.6 is 0 Å². The highest BCUT2D eigenvalue weighted by Crippen LogP contribution is 2.22. The smallest absolute Gasteiger partial charge is 0.337 e. The van der Waals surface area contributed by atoms with Gasteiger partial charge in [-0.05, 0) is 60.9 Å². The van der Waals surface area contributed by atoms with E-state index >= 15 is 0 Å². The molecule has 0 spiro atoms. The van der Waals surface area contributed by atoms with Gasteiger partial charge in [0.25, 0.3) is 0 Å². The van der Waals surface area contributed by atoms with E-state index in [0.29, 0.717) is 5.56 Å². The Kier molecular flexibility index (Phi) is 5.69. The molecule has 134 valence electrons. The molecule has 2 aromatic rings. The monoisotopic (exact) mass is 350 g/mol. The van der Waals surface area contributed by atoms with Gasteiger partial charge in [0.2, 0.25) is 5.91 Å². The number of amides is 1. The van der Waals surface area contributed by atoms with Crippen LogP contribution in [0.2, 0.25) is 0 Å². The molecule has 26 heavy (non-hydrogen) atoms. The molecule has 0 aliphatic carbocycles. The Labute approximate surface area is 153 Å². The molecule has 0 atom stereocenters. The Morgan fingerprint density at radius 2 is 1.65 bits per heavy atom. The lowest BCUT2D eigenvalue weighted by Gasteiger charge is -2.17. The zero-order valence-corrected chi connectivity index (χ0v) is 14.8. The van der Waals surface area contributed by atoms with Gasteiger partial charge in [0.1, 0.15) is 0 Å². The molecular weight excluding hydrogens is 328 g/mol. The summed E-state index contributed by atoms with van der Waals surface area (Å²) >= 11 is 0. The second kappa shape index (κ2) is 8.34. The molecule has 5 nitrogen and oxygen atoms in total. The largest absolute Gasteiger partial charge is 0.465 e. The predicted octanol–water partition coefficient (Wildman–Crippen LogP) is 3.73. The molecule has 1 amide bonds. The number of carbonyl (C=O) groups is 2. The molecule has 0 aromatic heterocycles. The second-order valence-corrected chi connectivity index (χ2v) is 6.18. The molecule has 1 fully saturated rings. The summed E-state index contributed by atoms with van der Waals surface area (Å²) in [5.41, 5.74) is 3.27. The molecular formula is C21H22N2O3. The summed E-state index contributed by atoms with van der Waals surface area (Å²) in [5, 5.41) is 2.85. The molecule has 5 heteroatoms. The summed E-state index contributed by atoms with van der Waals surface area (Å²) in [4.78, 5) is 25.8. The summed E-state index contributed by atoms with van der Waals surface area (Å²) < 4.78 is 4.66. The van der Waals surface area contributed by atoms with Crippen LogP contribution < -0.4 is 10.2 Å². The third kappa shape index (κ3) is 4.51. The van der Waals surface area contributed by atoms with Crippen LogP contribution in [0.1, 0.15) is 28.8 Å². The van der Waals surface area contributed by atoms with Gasteiger partial charge in [0, 0.05) is 30.5 Å². The topological polar surface area (TPSA) is 58.6 Å². The van der Waals surface area contributed by atoms with Crippen molar-refractivity contribution in [2.24, 2.45) is 0 Å². The van der Waals surface area contributed by atoms with Crippen molar-refractivity contribution in [3.05, 3.63) is 65.7 Å². The fourth-order valence-corrected chi connectivity index (χ4v) is 2.93. The molecule has 3 rings (SSSR count). The summed E-state index contributed by atoms with van der Waals surface area (Å²) in [6.45, 7) is 2.20. The van der Waals surface area contributed by atoms with Crippen LogP contribution in [0.15, 0.2) is 54.6 Å². The minimum absolute atomic E-state index is 0.198.